The molecular weight excluding hydrogens is 242 g/mol. The minimum Gasteiger partial charge on any atom is -0.354 e. The highest BCUT2D eigenvalue weighted by Crippen LogP contribution is 2.36. The summed E-state index contributed by atoms with van der Waals surface area (Å²) >= 11 is 0. The van der Waals surface area contributed by atoms with E-state index in [0.29, 0.717) is 0 Å². The van der Waals surface area contributed by atoms with Crippen LogP contribution in [0.4, 0.5) is 0 Å². The Morgan fingerprint density at radius 3 is 2.30 bits per heavy atom. The molecule has 1 aliphatic rings. The van der Waals surface area contributed by atoms with Crippen molar-refractivity contribution in [3.05, 3.63) is 53.9 Å². The highest BCUT2D eigenvalue weighted by Gasteiger charge is 2.18. The van der Waals surface area contributed by atoms with E-state index in [1.54, 1.807) is 5.92 Å². The molecule has 0 unspecified atom stereocenters. The normalized spacial score (nSPS) is 17.6. The van der Waals surface area contributed by atoms with Crippen LogP contribution in [0.5, 0.6) is 0 Å². The molecule has 20 heavy (non-hydrogen) atoms. The SMILES string of the molecule is c1ccc2c(c1)[nH]c1c([C]3CCCCCC3)cccc12. The Balaban J connectivity index is 1.90. The number of benzene rings is 2. The van der Waals surface area contributed by atoms with Gasteiger partial charge in [0.1, 0.15) is 0 Å². The minimum atomic E-state index is 1.25. The molecule has 1 heteroatoms. The minimum absolute atomic E-state index is 1.25. The van der Waals surface area contributed by atoms with E-state index in [1.165, 1.54) is 65.9 Å². The first-order valence-corrected chi connectivity index (χ1v) is 7.78. The lowest BCUT2D eigenvalue weighted by Crippen LogP contribution is -1.99. The highest BCUT2D eigenvalue weighted by atomic mass is 14.7. The number of para-hydroxylation sites is 2. The molecule has 1 aromatic heterocycles. The summed E-state index contributed by atoms with van der Waals surface area (Å²) in [6.07, 6.45) is 8.04. The van der Waals surface area contributed by atoms with Crippen LogP contribution in [0.2, 0.25) is 0 Å². The second kappa shape index (κ2) is 4.97. The van der Waals surface area contributed by atoms with Crippen molar-refractivity contribution >= 4 is 21.8 Å². The van der Waals surface area contributed by atoms with Crippen molar-refractivity contribution in [1.29, 1.82) is 0 Å². The number of nitrogens with one attached hydrogen (secondary N) is 1. The molecule has 1 saturated carbocycles. The molecule has 0 amide bonds. The molecule has 2 aromatic carbocycles. The summed E-state index contributed by atoms with van der Waals surface area (Å²) < 4.78 is 0. The molecule has 0 spiro atoms. The molecule has 1 radical (unpaired) electrons. The number of rotatable bonds is 1. The second-order valence-electron chi connectivity index (χ2n) is 5.92. The topological polar surface area (TPSA) is 15.8 Å². The molecule has 1 fully saturated rings. The fraction of sp³-hybridized carbons (Fsp3) is 0.316. The first-order valence-electron chi connectivity index (χ1n) is 7.78. The molecule has 101 valence electrons. The zero-order valence-electron chi connectivity index (χ0n) is 11.8. The van der Waals surface area contributed by atoms with Crippen LogP contribution in [0.25, 0.3) is 21.8 Å². The molecule has 1 N–H and O–H groups in total. The van der Waals surface area contributed by atoms with Crippen molar-refractivity contribution in [3.63, 3.8) is 0 Å². The fourth-order valence-electron chi connectivity index (χ4n) is 3.59. The van der Waals surface area contributed by atoms with Gasteiger partial charge in [0.15, 0.2) is 0 Å². The Labute approximate surface area is 120 Å². The number of hydrogen-bond donors (Lipinski definition) is 1. The van der Waals surface area contributed by atoms with Gasteiger partial charge in [-0.2, -0.15) is 0 Å². The molecule has 1 heterocycles. The van der Waals surface area contributed by atoms with Crippen LogP contribution < -0.4 is 0 Å². The number of aromatic nitrogens is 1. The van der Waals surface area contributed by atoms with Crippen LogP contribution in [-0.2, 0) is 0 Å². The first kappa shape index (κ1) is 12.0. The predicted octanol–water partition coefficient (Wildman–Crippen LogP) is 5.60. The van der Waals surface area contributed by atoms with Crippen molar-refractivity contribution in [3.8, 4) is 0 Å². The molecule has 1 aliphatic carbocycles. The van der Waals surface area contributed by atoms with Gasteiger partial charge in [0.25, 0.3) is 0 Å². The molecule has 0 atom stereocenters. The average molecular weight is 262 g/mol. The van der Waals surface area contributed by atoms with Gasteiger partial charge in [-0.1, -0.05) is 62.1 Å². The zero-order valence-corrected chi connectivity index (χ0v) is 11.8. The Morgan fingerprint density at radius 1 is 0.700 bits per heavy atom. The third-order valence-corrected chi connectivity index (χ3v) is 4.63. The molecule has 1 nitrogen and oxygen atoms in total. The van der Waals surface area contributed by atoms with Gasteiger partial charge in [0.2, 0.25) is 0 Å². The lowest BCUT2D eigenvalue weighted by atomic mass is 9.90. The van der Waals surface area contributed by atoms with Gasteiger partial charge in [-0.25, -0.2) is 0 Å². The highest BCUT2D eigenvalue weighted by molar-refractivity contribution is 6.08. The summed E-state index contributed by atoms with van der Waals surface area (Å²) in [6, 6.07) is 15.4. The maximum Gasteiger partial charge on any atom is 0.0503 e. The average Bonchev–Trinajstić information content (AvgIpc) is 2.68. The molecule has 0 aliphatic heterocycles. The van der Waals surface area contributed by atoms with Crippen LogP contribution >= 0.6 is 0 Å². The van der Waals surface area contributed by atoms with E-state index in [1.807, 2.05) is 0 Å². The van der Waals surface area contributed by atoms with Crippen molar-refractivity contribution < 1.29 is 0 Å². The third kappa shape index (κ3) is 1.93. The van der Waals surface area contributed by atoms with Crippen LogP contribution in [-0.4, -0.2) is 4.98 Å². The largest absolute Gasteiger partial charge is 0.354 e. The van der Waals surface area contributed by atoms with Gasteiger partial charge < -0.3 is 4.98 Å². The van der Waals surface area contributed by atoms with Crippen LogP contribution in [0.3, 0.4) is 0 Å². The van der Waals surface area contributed by atoms with Gasteiger partial charge in [0, 0.05) is 22.2 Å². The first-order chi connectivity index (χ1) is 9.93. The molecule has 0 saturated heterocycles. The Hall–Kier alpha value is -1.76. The summed E-state index contributed by atoms with van der Waals surface area (Å²) in [6.45, 7) is 0. The summed E-state index contributed by atoms with van der Waals surface area (Å²) in [5.74, 6) is 1.65. The predicted molar refractivity (Wildman–Crippen MR) is 85.9 cm³/mol. The summed E-state index contributed by atoms with van der Waals surface area (Å²) in [5.41, 5.74) is 4.05. The van der Waals surface area contributed by atoms with Gasteiger partial charge in [-0.05, 0) is 24.5 Å². The fourth-order valence-corrected chi connectivity index (χ4v) is 3.59. The Bertz CT molecular complexity index is 730. The van der Waals surface area contributed by atoms with Crippen molar-refractivity contribution in [2.24, 2.45) is 0 Å². The van der Waals surface area contributed by atoms with E-state index in [0.717, 1.165) is 0 Å². The standard InChI is InChI=1S/C19H20N/c1-2-4-9-14(8-3-1)15-11-7-12-17-16-10-5-6-13-18(16)20-19(15)17/h5-7,10-13,20H,1-4,8-9H2. The van der Waals surface area contributed by atoms with E-state index >= 15 is 0 Å². The smallest absolute Gasteiger partial charge is 0.0503 e. The van der Waals surface area contributed by atoms with E-state index in [9.17, 15) is 0 Å². The van der Waals surface area contributed by atoms with E-state index < -0.39 is 0 Å². The zero-order chi connectivity index (χ0) is 13.4. The van der Waals surface area contributed by atoms with E-state index in [4.69, 9.17) is 0 Å². The Kier molecular flexibility index (Phi) is 2.99. The van der Waals surface area contributed by atoms with Crippen molar-refractivity contribution in [1.82, 2.24) is 4.98 Å². The third-order valence-electron chi connectivity index (χ3n) is 4.63. The molecule has 3 aromatic rings. The van der Waals surface area contributed by atoms with Crippen LogP contribution in [0.15, 0.2) is 42.5 Å². The van der Waals surface area contributed by atoms with Gasteiger partial charge in [0.05, 0.1) is 5.52 Å². The van der Waals surface area contributed by atoms with Crippen molar-refractivity contribution in [2.75, 3.05) is 0 Å². The number of aromatic amines is 1. The van der Waals surface area contributed by atoms with Gasteiger partial charge in [-0.15, -0.1) is 0 Å². The maximum absolute atomic E-state index is 3.64. The summed E-state index contributed by atoms with van der Waals surface area (Å²) in [4.78, 5) is 3.64. The lowest BCUT2D eigenvalue weighted by molar-refractivity contribution is 0.702. The second-order valence-corrected chi connectivity index (χ2v) is 5.92. The quantitative estimate of drug-likeness (QED) is 0.549. The van der Waals surface area contributed by atoms with E-state index in [2.05, 4.69) is 47.4 Å². The Morgan fingerprint density at radius 2 is 1.45 bits per heavy atom. The summed E-state index contributed by atoms with van der Waals surface area (Å²) in [7, 11) is 0. The van der Waals surface area contributed by atoms with Gasteiger partial charge in [-0.3, -0.25) is 0 Å². The molecule has 4 rings (SSSR count). The number of H-pyrrole nitrogens is 1. The maximum atomic E-state index is 3.64. The van der Waals surface area contributed by atoms with Crippen LogP contribution in [0, 0.1) is 5.92 Å². The number of hydrogen-bond acceptors (Lipinski definition) is 0. The lowest BCUT2D eigenvalue weighted by Gasteiger charge is -2.14. The molecule has 0 bridgehead atoms. The van der Waals surface area contributed by atoms with Crippen LogP contribution in [0.1, 0.15) is 44.1 Å². The van der Waals surface area contributed by atoms with E-state index in [-0.39, 0.29) is 0 Å². The van der Waals surface area contributed by atoms with Crippen molar-refractivity contribution in [2.45, 2.75) is 38.5 Å². The van der Waals surface area contributed by atoms with Gasteiger partial charge >= 0.3 is 0 Å². The summed E-state index contributed by atoms with van der Waals surface area (Å²) in [5, 5.41) is 2.72. The number of fused-ring (bicyclic) bond motifs is 3. The monoisotopic (exact) mass is 262 g/mol. The molecular formula is C19H20N.